The average Bonchev–Trinajstić information content (AvgIpc) is 2.86. The van der Waals surface area contributed by atoms with Gasteiger partial charge in [0.15, 0.2) is 0 Å². The van der Waals surface area contributed by atoms with Gasteiger partial charge in [0.25, 0.3) is 10.0 Å². The van der Waals surface area contributed by atoms with E-state index in [2.05, 4.69) is 6.92 Å². The van der Waals surface area contributed by atoms with E-state index in [4.69, 9.17) is 4.74 Å². The molecule has 0 bridgehead atoms. The van der Waals surface area contributed by atoms with Crippen molar-refractivity contribution < 1.29 is 17.9 Å². The Morgan fingerprint density at radius 1 is 1.24 bits per heavy atom. The third-order valence-corrected chi connectivity index (χ3v) is 5.30. The first-order chi connectivity index (χ1) is 10.1. The Labute approximate surface area is 126 Å². The van der Waals surface area contributed by atoms with E-state index >= 15 is 0 Å². The second-order valence-corrected chi connectivity index (χ2v) is 6.89. The first-order valence-corrected chi connectivity index (χ1v) is 8.75. The molecule has 1 aromatic rings. The monoisotopic (exact) mass is 311 g/mol. The topological polar surface area (TPSA) is 63.7 Å². The van der Waals surface area contributed by atoms with Crippen LogP contribution in [-0.2, 0) is 19.6 Å². The van der Waals surface area contributed by atoms with E-state index in [1.165, 1.54) is 12.1 Å². The average molecular weight is 311 g/mol. The Kier molecular flexibility index (Phi) is 5.36. The third-order valence-electron chi connectivity index (χ3n) is 3.47. The zero-order valence-corrected chi connectivity index (χ0v) is 13.0. The maximum absolute atomic E-state index is 12.6. The molecular formula is C15H21NO4S. The molecule has 6 heteroatoms. The molecule has 1 aliphatic rings. The van der Waals surface area contributed by atoms with Crippen molar-refractivity contribution >= 4 is 15.9 Å². The van der Waals surface area contributed by atoms with Gasteiger partial charge in [-0.05, 0) is 18.6 Å². The molecule has 0 N–H and O–H groups in total. The van der Waals surface area contributed by atoms with Gasteiger partial charge in [0.1, 0.15) is 6.23 Å². The minimum Gasteiger partial charge on any atom is -0.357 e. The zero-order valence-electron chi connectivity index (χ0n) is 12.2. The fourth-order valence-corrected chi connectivity index (χ4v) is 3.92. The largest absolute Gasteiger partial charge is 0.357 e. The smallest absolute Gasteiger partial charge is 0.268 e. The zero-order chi connectivity index (χ0) is 15.3. The van der Waals surface area contributed by atoms with Crippen LogP contribution in [0.1, 0.15) is 39.0 Å². The number of unbranched alkanes of at least 4 members (excludes halogenated alkanes) is 2. The third kappa shape index (κ3) is 3.63. The van der Waals surface area contributed by atoms with Crippen molar-refractivity contribution in [3.8, 4) is 0 Å². The molecule has 1 fully saturated rings. The summed E-state index contributed by atoms with van der Waals surface area (Å²) in [7, 11) is -3.82. The summed E-state index contributed by atoms with van der Waals surface area (Å²) in [6.07, 6.45) is 2.95. The SMILES string of the molecule is CCCCCOC1CCC(=O)N1S(=O)(=O)c1ccccc1. The summed E-state index contributed by atoms with van der Waals surface area (Å²) in [6, 6.07) is 8.02. The summed E-state index contributed by atoms with van der Waals surface area (Å²) in [5.74, 6) is -0.389. The van der Waals surface area contributed by atoms with Crippen molar-refractivity contribution in [1.29, 1.82) is 0 Å². The maximum atomic E-state index is 12.6. The van der Waals surface area contributed by atoms with Crippen LogP contribution in [0.15, 0.2) is 35.2 Å². The number of amides is 1. The van der Waals surface area contributed by atoms with E-state index in [0.717, 1.165) is 23.6 Å². The molecule has 1 unspecified atom stereocenters. The number of carbonyl (C=O) groups excluding carboxylic acids is 1. The molecule has 5 nitrogen and oxygen atoms in total. The van der Waals surface area contributed by atoms with E-state index in [1.54, 1.807) is 18.2 Å². The molecule has 21 heavy (non-hydrogen) atoms. The van der Waals surface area contributed by atoms with Gasteiger partial charge in [0, 0.05) is 19.4 Å². The molecule has 0 aliphatic carbocycles. The predicted octanol–water partition coefficient (Wildman–Crippen LogP) is 2.53. The molecule has 0 spiro atoms. The normalized spacial score (nSPS) is 19.2. The van der Waals surface area contributed by atoms with Crippen molar-refractivity contribution in [2.45, 2.75) is 50.2 Å². The van der Waals surface area contributed by atoms with Crippen molar-refractivity contribution in [1.82, 2.24) is 4.31 Å². The summed E-state index contributed by atoms with van der Waals surface area (Å²) in [5.41, 5.74) is 0. The minimum atomic E-state index is -3.82. The molecule has 0 radical (unpaired) electrons. The van der Waals surface area contributed by atoms with Crippen LogP contribution >= 0.6 is 0 Å². The Morgan fingerprint density at radius 3 is 2.62 bits per heavy atom. The predicted molar refractivity (Wildman–Crippen MR) is 79.0 cm³/mol. The number of sulfonamides is 1. The van der Waals surface area contributed by atoms with Gasteiger partial charge in [-0.15, -0.1) is 0 Å². The van der Waals surface area contributed by atoms with Crippen LogP contribution in [0.5, 0.6) is 0 Å². The van der Waals surface area contributed by atoms with Crippen LogP contribution in [0.4, 0.5) is 0 Å². The number of ether oxygens (including phenoxy) is 1. The van der Waals surface area contributed by atoms with Gasteiger partial charge in [-0.1, -0.05) is 38.0 Å². The molecule has 0 aromatic heterocycles. The first kappa shape index (κ1) is 16.0. The Bertz CT molecular complexity index is 571. The molecule has 1 aromatic carbocycles. The van der Waals surface area contributed by atoms with Crippen molar-refractivity contribution in [2.24, 2.45) is 0 Å². The lowest BCUT2D eigenvalue weighted by Gasteiger charge is -2.24. The molecule has 116 valence electrons. The fourth-order valence-electron chi connectivity index (χ4n) is 2.35. The highest BCUT2D eigenvalue weighted by atomic mass is 32.2. The van der Waals surface area contributed by atoms with Gasteiger partial charge in [-0.25, -0.2) is 12.7 Å². The lowest BCUT2D eigenvalue weighted by molar-refractivity contribution is -0.128. The molecule has 0 saturated carbocycles. The van der Waals surface area contributed by atoms with Crippen molar-refractivity contribution in [3.63, 3.8) is 0 Å². The number of nitrogens with zero attached hydrogens (tertiary/aromatic N) is 1. The van der Waals surface area contributed by atoms with Gasteiger partial charge in [0.2, 0.25) is 5.91 Å². The summed E-state index contributed by atoms with van der Waals surface area (Å²) in [4.78, 5) is 12.1. The van der Waals surface area contributed by atoms with E-state index < -0.39 is 16.3 Å². The quantitative estimate of drug-likeness (QED) is 0.726. The summed E-state index contributed by atoms with van der Waals surface area (Å²) < 4.78 is 31.7. The van der Waals surface area contributed by atoms with Gasteiger partial charge in [0.05, 0.1) is 4.90 Å². The Hall–Kier alpha value is -1.40. The number of hydrogen-bond donors (Lipinski definition) is 0. The number of benzene rings is 1. The van der Waals surface area contributed by atoms with Gasteiger partial charge in [-0.3, -0.25) is 4.79 Å². The molecule has 1 amide bonds. The van der Waals surface area contributed by atoms with Crippen molar-refractivity contribution in [3.05, 3.63) is 30.3 Å². The molecule has 1 heterocycles. The van der Waals surface area contributed by atoms with Crippen LogP contribution in [0.2, 0.25) is 0 Å². The molecular weight excluding hydrogens is 290 g/mol. The maximum Gasteiger partial charge on any atom is 0.268 e. The lowest BCUT2D eigenvalue weighted by Crippen LogP contribution is -2.40. The van der Waals surface area contributed by atoms with E-state index in [0.29, 0.717) is 13.0 Å². The van der Waals surface area contributed by atoms with Gasteiger partial charge < -0.3 is 4.74 Å². The highest BCUT2D eigenvalue weighted by Gasteiger charge is 2.41. The van der Waals surface area contributed by atoms with Crippen LogP contribution in [0.25, 0.3) is 0 Å². The standard InChI is InChI=1S/C15H21NO4S/c1-2-3-7-12-20-15-11-10-14(17)16(15)21(18,19)13-8-5-4-6-9-13/h4-6,8-9,15H,2-3,7,10-12H2,1H3. The number of carbonyl (C=O) groups is 1. The molecule has 1 saturated heterocycles. The van der Waals surface area contributed by atoms with E-state index in [1.807, 2.05) is 0 Å². The second kappa shape index (κ2) is 7.04. The molecule has 1 atom stereocenters. The lowest BCUT2D eigenvalue weighted by atomic mass is 10.3. The van der Waals surface area contributed by atoms with Crippen LogP contribution in [0, 0.1) is 0 Å². The molecule has 1 aliphatic heterocycles. The number of hydrogen-bond acceptors (Lipinski definition) is 4. The first-order valence-electron chi connectivity index (χ1n) is 7.31. The fraction of sp³-hybridized carbons (Fsp3) is 0.533. The second-order valence-electron chi connectivity index (χ2n) is 5.08. The van der Waals surface area contributed by atoms with Crippen LogP contribution < -0.4 is 0 Å². The molecule has 2 rings (SSSR count). The van der Waals surface area contributed by atoms with Crippen molar-refractivity contribution in [2.75, 3.05) is 6.61 Å². The highest BCUT2D eigenvalue weighted by molar-refractivity contribution is 7.89. The minimum absolute atomic E-state index is 0.127. The van der Waals surface area contributed by atoms with E-state index in [-0.39, 0.29) is 17.2 Å². The summed E-state index contributed by atoms with van der Waals surface area (Å²) in [6.45, 7) is 2.57. The van der Waals surface area contributed by atoms with Gasteiger partial charge >= 0.3 is 0 Å². The highest BCUT2D eigenvalue weighted by Crippen LogP contribution is 2.27. The van der Waals surface area contributed by atoms with Crippen LogP contribution in [0.3, 0.4) is 0 Å². The summed E-state index contributed by atoms with van der Waals surface area (Å²) in [5, 5.41) is 0. The van der Waals surface area contributed by atoms with E-state index in [9.17, 15) is 13.2 Å². The van der Waals surface area contributed by atoms with Crippen LogP contribution in [-0.4, -0.2) is 31.5 Å². The Balaban J connectivity index is 2.13. The van der Waals surface area contributed by atoms with Gasteiger partial charge in [-0.2, -0.15) is 0 Å². The number of rotatable bonds is 7. The Morgan fingerprint density at radius 2 is 1.95 bits per heavy atom. The summed E-state index contributed by atoms with van der Waals surface area (Å²) >= 11 is 0.